The van der Waals surface area contributed by atoms with E-state index in [4.69, 9.17) is 21.4 Å². The van der Waals surface area contributed by atoms with Gasteiger partial charge in [-0.1, -0.05) is 67.1 Å². The minimum Gasteiger partial charge on any atom is -0.464 e. The zero-order valence-electron chi connectivity index (χ0n) is 16.9. The van der Waals surface area contributed by atoms with Crippen molar-refractivity contribution in [1.29, 1.82) is 0 Å². The molecule has 6 nitrogen and oxygen atoms in total. The summed E-state index contributed by atoms with van der Waals surface area (Å²) in [6, 6.07) is 21.1. The van der Waals surface area contributed by atoms with Crippen LogP contribution in [0.15, 0.2) is 71.8 Å². The molecule has 0 N–H and O–H groups in total. The van der Waals surface area contributed by atoms with E-state index in [9.17, 15) is 10.1 Å². The standard InChI is InChI=1S/C24H20ClN3O3/c1-2-15-7-9-16(10-8-15)20-14-21-18-5-3-4-6-23(18)31-24(27(21)26-20)17-11-12-19(25)22(13-17)28(29)30/h3-13,21,24H,2,14H2,1H3/t21-,24-/m0/s1. The summed E-state index contributed by atoms with van der Waals surface area (Å²) >= 11 is 6.03. The van der Waals surface area contributed by atoms with Gasteiger partial charge in [0, 0.05) is 23.6 Å². The van der Waals surface area contributed by atoms with Gasteiger partial charge >= 0.3 is 0 Å². The van der Waals surface area contributed by atoms with E-state index in [-0.39, 0.29) is 16.8 Å². The Labute approximate surface area is 184 Å². The van der Waals surface area contributed by atoms with Gasteiger partial charge in [0.25, 0.3) is 5.69 Å². The maximum Gasteiger partial charge on any atom is 0.288 e. The molecule has 2 aliphatic heterocycles. The van der Waals surface area contributed by atoms with E-state index in [0.29, 0.717) is 5.56 Å². The number of para-hydroxylation sites is 1. The van der Waals surface area contributed by atoms with E-state index in [1.54, 1.807) is 6.07 Å². The van der Waals surface area contributed by atoms with Crippen molar-refractivity contribution in [2.75, 3.05) is 0 Å². The van der Waals surface area contributed by atoms with Crippen LogP contribution >= 0.6 is 11.6 Å². The summed E-state index contributed by atoms with van der Waals surface area (Å²) in [4.78, 5) is 10.9. The van der Waals surface area contributed by atoms with Crippen molar-refractivity contribution < 1.29 is 9.66 Å². The number of rotatable bonds is 4. The summed E-state index contributed by atoms with van der Waals surface area (Å²) in [7, 11) is 0. The van der Waals surface area contributed by atoms with Gasteiger partial charge in [0.2, 0.25) is 6.23 Å². The van der Waals surface area contributed by atoms with Crippen LogP contribution in [0.3, 0.4) is 0 Å². The van der Waals surface area contributed by atoms with Gasteiger partial charge in [0.1, 0.15) is 10.8 Å². The van der Waals surface area contributed by atoms with Crippen LogP contribution in [-0.2, 0) is 6.42 Å². The molecule has 156 valence electrons. The van der Waals surface area contributed by atoms with Crippen LogP contribution in [-0.4, -0.2) is 15.6 Å². The fraction of sp³-hybridized carbons (Fsp3) is 0.208. The summed E-state index contributed by atoms with van der Waals surface area (Å²) < 4.78 is 6.28. The maximum absolute atomic E-state index is 11.4. The number of nitro benzene ring substituents is 1. The number of fused-ring (bicyclic) bond motifs is 3. The number of aryl methyl sites for hydroxylation is 1. The van der Waals surface area contributed by atoms with E-state index in [1.807, 2.05) is 29.3 Å². The van der Waals surface area contributed by atoms with Gasteiger partial charge < -0.3 is 4.74 Å². The number of nitrogens with zero attached hydrogens (tertiary/aromatic N) is 3. The van der Waals surface area contributed by atoms with Crippen molar-refractivity contribution in [2.45, 2.75) is 32.0 Å². The largest absolute Gasteiger partial charge is 0.464 e. The van der Waals surface area contributed by atoms with Gasteiger partial charge in [-0.25, -0.2) is 5.01 Å². The van der Waals surface area contributed by atoms with Crippen LogP contribution in [0.4, 0.5) is 5.69 Å². The van der Waals surface area contributed by atoms with Crippen molar-refractivity contribution in [3.05, 3.63) is 104 Å². The highest BCUT2D eigenvalue weighted by atomic mass is 35.5. The first-order valence-corrected chi connectivity index (χ1v) is 10.6. The number of benzene rings is 3. The minimum atomic E-state index is -0.580. The van der Waals surface area contributed by atoms with Crippen molar-refractivity contribution >= 4 is 23.0 Å². The minimum absolute atomic E-state index is 0.00876. The van der Waals surface area contributed by atoms with Crippen molar-refractivity contribution in [3.8, 4) is 5.75 Å². The number of hydrogen-bond donors (Lipinski definition) is 0. The fourth-order valence-electron chi connectivity index (χ4n) is 4.18. The number of ether oxygens (including phenoxy) is 1. The molecule has 3 aromatic carbocycles. The Kier molecular flexibility index (Phi) is 4.87. The van der Waals surface area contributed by atoms with E-state index in [0.717, 1.165) is 35.4 Å². The summed E-state index contributed by atoms with van der Waals surface area (Å²) in [5, 5.41) is 18.3. The number of hydrogen-bond acceptors (Lipinski definition) is 5. The third-order valence-corrected chi connectivity index (χ3v) is 6.17. The molecule has 0 unspecified atom stereocenters. The first-order valence-electron chi connectivity index (χ1n) is 10.2. The Bertz CT molecular complexity index is 1190. The van der Waals surface area contributed by atoms with Crippen molar-refractivity contribution in [3.63, 3.8) is 0 Å². The molecule has 2 aliphatic rings. The van der Waals surface area contributed by atoms with Gasteiger partial charge in [-0.2, -0.15) is 5.10 Å². The Hall–Kier alpha value is -3.38. The number of nitro groups is 1. The molecule has 2 heterocycles. The summed E-state index contributed by atoms with van der Waals surface area (Å²) in [6.45, 7) is 2.13. The second-order valence-electron chi connectivity index (χ2n) is 7.67. The Balaban J connectivity index is 1.58. The van der Waals surface area contributed by atoms with Crippen LogP contribution in [0.2, 0.25) is 5.02 Å². The molecule has 5 rings (SSSR count). The first kappa shape index (κ1) is 19.6. The van der Waals surface area contributed by atoms with E-state index in [1.165, 1.54) is 17.7 Å². The smallest absolute Gasteiger partial charge is 0.288 e. The van der Waals surface area contributed by atoms with Gasteiger partial charge in [-0.05, 0) is 29.7 Å². The summed E-state index contributed by atoms with van der Waals surface area (Å²) in [5.41, 5.74) is 4.89. The van der Waals surface area contributed by atoms with E-state index in [2.05, 4.69) is 31.2 Å². The third-order valence-electron chi connectivity index (χ3n) is 5.85. The van der Waals surface area contributed by atoms with Crippen LogP contribution < -0.4 is 4.74 Å². The Morgan fingerprint density at radius 3 is 2.68 bits per heavy atom. The molecule has 7 heteroatoms. The predicted octanol–water partition coefficient (Wildman–Crippen LogP) is 6.05. The lowest BCUT2D eigenvalue weighted by atomic mass is 9.95. The molecule has 31 heavy (non-hydrogen) atoms. The van der Waals surface area contributed by atoms with Crippen molar-refractivity contribution in [1.82, 2.24) is 5.01 Å². The van der Waals surface area contributed by atoms with Gasteiger partial charge in [-0.15, -0.1) is 0 Å². The normalized spacial score (nSPS) is 19.3. The first-order chi connectivity index (χ1) is 15.0. The average Bonchev–Trinajstić information content (AvgIpc) is 3.24. The number of halogens is 1. The van der Waals surface area contributed by atoms with Crippen LogP contribution in [0, 0.1) is 10.1 Å². The molecule has 0 bridgehead atoms. The second-order valence-corrected chi connectivity index (χ2v) is 8.08. The lowest BCUT2D eigenvalue weighted by Gasteiger charge is -2.38. The SMILES string of the molecule is CCc1ccc(C2=NN3[C@@H](C2)c2ccccc2O[C@H]3c2ccc(Cl)c([N+](=O)[O-])c2)cc1. The molecule has 0 fully saturated rings. The summed E-state index contributed by atoms with van der Waals surface area (Å²) in [5.74, 6) is 0.768. The van der Waals surface area contributed by atoms with E-state index < -0.39 is 11.2 Å². The molecule has 0 amide bonds. The second kappa shape index (κ2) is 7.71. The van der Waals surface area contributed by atoms with Gasteiger partial charge in [0.05, 0.1) is 16.7 Å². The lowest BCUT2D eigenvalue weighted by Crippen LogP contribution is -2.33. The molecular weight excluding hydrogens is 414 g/mol. The Morgan fingerprint density at radius 2 is 1.94 bits per heavy atom. The number of hydrazone groups is 1. The molecule has 0 saturated heterocycles. The molecule has 0 aromatic heterocycles. The van der Waals surface area contributed by atoms with Crippen LogP contribution in [0.1, 0.15) is 47.9 Å². The molecule has 0 saturated carbocycles. The molecular formula is C24H20ClN3O3. The predicted molar refractivity (Wildman–Crippen MR) is 119 cm³/mol. The average molecular weight is 434 g/mol. The third kappa shape index (κ3) is 3.43. The van der Waals surface area contributed by atoms with Gasteiger partial charge in [-0.3, -0.25) is 10.1 Å². The molecule has 3 aromatic rings. The quantitative estimate of drug-likeness (QED) is 0.371. The van der Waals surface area contributed by atoms with E-state index >= 15 is 0 Å². The Morgan fingerprint density at radius 1 is 1.16 bits per heavy atom. The zero-order chi connectivity index (χ0) is 21.5. The molecule has 0 aliphatic carbocycles. The monoisotopic (exact) mass is 433 g/mol. The highest BCUT2D eigenvalue weighted by Gasteiger charge is 2.41. The fourth-order valence-corrected chi connectivity index (χ4v) is 4.37. The summed E-state index contributed by atoms with van der Waals surface area (Å²) in [6.07, 6.45) is 1.14. The molecule has 2 atom stereocenters. The highest BCUT2D eigenvalue weighted by molar-refractivity contribution is 6.32. The lowest BCUT2D eigenvalue weighted by molar-refractivity contribution is -0.384. The maximum atomic E-state index is 11.4. The molecule has 0 radical (unpaired) electrons. The zero-order valence-corrected chi connectivity index (χ0v) is 17.6. The van der Waals surface area contributed by atoms with Crippen LogP contribution in [0.5, 0.6) is 5.75 Å². The molecule has 0 spiro atoms. The van der Waals surface area contributed by atoms with Crippen LogP contribution in [0.25, 0.3) is 0 Å². The highest BCUT2D eigenvalue weighted by Crippen LogP contribution is 2.48. The van der Waals surface area contributed by atoms with Gasteiger partial charge in [0.15, 0.2) is 0 Å². The van der Waals surface area contributed by atoms with Crippen molar-refractivity contribution in [2.24, 2.45) is 5.10 Å². The topological polar surface area (TPSA) is 68.0 Å².